The summed E-state index contributed by atoms with van der Waals surface area (Å²) in [7, 11) is 0. The minimum atomic E-state index is -4.43. The summed E-state index contributed by atoms with van der Waals surface area (Å²) >= 11 is 0. The largest absolute Gasteiger partial charge is 0.468 e. The van der Waals surface area contributed by atoms with E-state index in [0.717, 1.165) is 19.4 Å². The Kier molecular flexibility index (Phi) is 6.49. The molecule has 0 bridgehead atoms. The molecule has 1 fully saturated rings. The van der Waals surface area contributed by atoms with Crippen molar-refractivity contribution in [1.82, 2.24) is 10.3 Å². The van der Waals surface area contributed by atoms with E-state index in [1.54, 1.807) is 0 Å². The number of hydrogen-bond acceptors (Lipinski definition) is 4. The normalized spacial score (nSPS) is 21.3. The Labute approximate surface area is 151 Å². The van der Waals surface area contributed by atoms with E-state index >= 15 is 0 Å². The minimum Gasteiger partial charge on any atom is -0.468 e. The number of carbonyl (C=O) groups excluding carboxylic acids is 1. The summed E-state index contributed by atoms with van der Waals surface area (Å²) in [6, 6.07) is 2.65. The van der Waals surface area contributed by atoms with Crippen LogP contribution in [0.5, 0.6) is 5.88 Å². The predicted molar refractivity (Wildman–Crippen MR) is 90.0 cm³/mol. The van der Waals surface area contributed by atoms with E-state index in [2.05, 4.69) is 35.8 Å². The number of alkyl halides is 3. The zero-order valence-corrected chi connectivity index (χ0v) is 15.2. The highest BCUT2D eigenvalue weighted by Crippen LogP contribution is 2.33. The zero-order chi connectivity index (χ0) is 19.4. The maximum atomic E-state index is 12.3. The molecule has 0 spiro atoms. The number of carbonyl (C=O) groups is 1. The van der Waals surface area contributed by atoms with Crippen molar-refractivity contribution in [2.45, 2.75) is 45.9 Å². The van der Waals surface area contributed by atoms with E-state index in [0.29, 0.717) is 6.54 Å². The van der Waals surface area contributed by atoms with Gasteiger partial charge in [0.05, 0.1) is 11.7 Å². The number of halogens is 3. The number of hydrogen-bond donors (Lipinski definition) is 1. The highest BCUT2D eigenvalue weighted by molar-refractivity contribution is 5.93. The van der Waals surface area contributed by atoms with Gasteiger partial charge in [-0.05, 0) is 24.3 Å². The van der Waals surface area contributed by atoms with Gasteiger partial charge in [0.2, 0.25) is 5.88 Å². The first-order valence-corrected chi connectivity index (χ1v) is 8.62. The van der Waals surface area contributed by atoms with Crippen LogP contribution < -0.4 is 10.1 Å². The van der Waals surface area contributed by atoms with E-state index in [1.165, 1.54) is 18.3 Å². The highest BCUT2D eigenvalue weighted by atomic mass is 19.4. The SMILES string of the molecule is CC(C)(C)[C@@H]1OCCC[C@@H]1CNC(=O)c1ccc(OCC(F)(F)F)nc1. The molecule has 146 valence electrons. The fraction of sp³-hybridized carbons (Fsp3) is 0.667. The molecule has 1 saturated heterocycles. The predicted octanol–water partition coefficient (Wildman–Crippen LogP) is 3.59. The third kappa shape index (κ3) is 6.16. The summed E-state index contributed by atoms with van der Waals surface area (Å²) < 4.78 is 46.8. The van der Waals surface area contributed by atoms with Gasteiger partial charge < -0.3 is 14.8 Å². The number of pyridine rings is 1. The Balaban J connectivity index is 1.89. The van der Waals surface area contributed by atoms with Crippen molar-refractivity contribution in [3.63, 3.8) is 0 Å². The first-order valence-electron chi connectivity index (χ1n) is 8.62. The van der Waals surface area contributed by atoms with Crippen LogP contribution in [0.4, 0.5) is 13.2 Å². The van der Waals surface area contributed by atoms with Crippen molar-refractivity contribution in [1.29, 1.82) is 0 Å². The lowest BCUT2D eigenvalue weighted by Gasteiger charge is -2.40. The molecule has 2 atom stereocenters. The van der Waals surface area contributed by atoms with Crippen molar-refractivity contribution in [3.05, 3.63) is 23.9 Å². The molecular formula is C18H25F3N2O3. The van der Waals surface area contributed by atoms with Gasteiger partial charge in [0, 0.05) is 31.3 Å². The van der Waals surface area contributed by atoms with E-state index < -0.39 is 12.8 Å². The van der Waals surface area contributed by atoms with E-state index in [1.807, 2.05) is 0 Å². The molecule has 1 aromatic heterocycles. The van der Waals surface area contributed by atoms with Crippen LogP contribution in [0.1, 0.15) is 44.0 Å². The molecule has 1 aliphatic heterocycles. The van der Waals surface area contributed by atoms with Crippen LogP contribution in [0.3, 0.4) is 0 Å². The zero-order valence-electron chi connectivity index (χ0n) is 15.2. The van der Waals surface area contributed by atoms with Crippen molar-refractivity contribution in [2.75, 3.05) is 19.8 Å². The second-order valence-corrected chi connectivity index (χ2v) is 7.56. The van der Waals surface area contributed by atoms with Gasteiger partial charge in [0.25, 0.3) is 5.91 Å². The second kappa shape index (κ2) is 8.24. The first-order chi connectivity index (χ1) is 12.1. The van der Waals surface area contributed by atoms with Crippen LogP contribution in [0, 0.1) is 11.3 Å². The minimum absolute atomic E-state index is 0.0190. The third-order valence-electron chi connectivity index (χ3n) is 4.21. The third-order valence-corrected chi connectivity index (χ3v) is 4.21. The molecule has 0 saturated carbocycles. The molecule has 1 N–H and O–H groups in total. The molecule has 1 aromatic rings. The molecule has 1 amide bonds. The molecule has 0 radical (unpaired) electrons. The van der Waals surface area contributed by atoms with E-state index in [4.69, 9.17) is 4.74 Å². The molecule has 0 aliphatic carbocycles. The van der Waals surface area contributed by atoms with Crippen molar-refractivity contribution in [2.24, 2.45) is 11.3 Å². The van der Waals surface area contributed by atoms with Crippen molar-refractivity contribution in [3.8, 4) is 5.88 Å². The molecule has 0 unspecified atom stereocenters. The Morgan fingerprint density at radius 2 is 2.08 bits per heavy atom. The molecular weight excluding hydrogens is 349 g/mol. The van der Waals surface area contributed by atoms with Gasteiger partial charge in [-0.25, -0.2) is 4.98 Å². The van der Waals surface area contributed by atoms with Crippen LogP contribution in [0.15, 0.2) is 18.3 Å². The summed E-state index contributed by atoms with van der Waals surface area (Å²) in [5, 5.41) is 2.87. The first kappa shape index (κ1) is 20.5. The summed E-state index contributed by atoms with van der Waals surface area (Å²) in [6.07, 6.45) is -1.22. The Bertz CT molecular complexity index is 597. The number of rotatable bonds is 5. The van der Waals surface area contributed by atoms with Crippen LogP contribution in [0.25, 0.3) is 0 Å². The quantitative estimate of drug-likeness (QED) is 0.856. The highest BCUT2D eigenvalue weighted by Gasteiger charge is 2.35. The number of ether oxygens (including phenoxy) is 2. The van der Waals surface area contributed by atoms with Crippen LogP contribution in [0.2, 0.25) is 0 Å². The standard InChI is InChI=1S/C18H25F3N2O3/c1-17(2,3)15-12(5-4-8-25-15)9-23-16(24)13-6-7-14(22-10-13)26-11-18(19,20)21/h6-7,10,12,15H,4-5,8-9,11H2,1-3H3,(H,23,24)/t12-,15-/m1/s1. The molecule has 26 heavy (non-hydrogen) atoms. The molecule has 0 aromatic carbocycles. The van der Waals surface area contributed by atoms with Gasteiger partial charge in [-0.3, -0.25) is 4.79 Å². The fourth-order valence-corrected chi connectivity index (χ4v) is 3.09. The number of amides is 1. The van der Waals surface area contributed by atoms with Gasteiger partial charge in [-0.15, -0.1) is 0 Å². The Morgan fingerprint density at radius 1 is 1.35 bits per heavy atom. The molecule has 2 rings (SSSR count). The maximum absolute atomic E-state index is 12.3. The summed E-state index contributed by atoms with van der Waals surface area (Å²) in [4.78, 5) is 16.0. The van der Waals surface area contributed by atoms with Crippen molar-refractivity contribution >= 4 is 5.91 Å². The van der Waals surface area contributed by atoms with Gasteiger partial charge in [0.15, 0.2) is 6.61 Å². The molecule has 8 heteroatoms. The lowest BCUT2D eigenvalue weighted by atomic mass is 9.78. The van der Waals surface area contributed by atoms with E-state index in [-0.39, 0.29) is 34.8 Å². The lowest BCUT2D eigenvalue weighted by molar-refractivity contribution is -0.154. The van der Waals surface area contributed by atoms with Gasteiger partial charge in [-0.1, -0.05) is 20.8 Å². The summed E-state index contributed by atoms with van der Waals surface area (Å²) in [5.41, 5.74) is 0.253. The fourth-order valence-electron chi connectivity index (χ4n) is 3.09. The van der Waals surface area contributed by atoms with E-state index in [9.17, 15) is 18.0 Å². The average Bonchev–Trinajstić information content (AvgIpc) is 2.57. The lowest BCUT2D eigenvalue weighted by Crippen LogP contribution is -2.45. The molecule has 2 heterocycles. The number of nitrogens with one attached hydrogen (secondary N) is 1. The monoisotopic (exact) mass is 374 g/mol. The number of aromatic nitrogens is 1. The van der Waals surface area contributed by atoms with Crippen LogP contribution >= 0.6 is 0 Å². The van der Waals surface area contributed by atoms with Gasteiger partial charge >= 0.3 is 6.18 Å². The van der Waals surface area contributed by atoms with Gasteiger partial charge in [0.1, 0.15) is 0 Å². The maximum Gasteiger partial charge on any atom is 0.422 e. The summed E-state index contributed by atoms with van der Waals surface area (Å²) in [5.74, 6) is -0.277. The van der Waals surface area contributed by atoms with Gasteiger partial charge in [-0.2, -0.15) is 13.2 Å². The van der Waals surface area contributed by atoms with Crippen molar-refractivity contribution < 1.29 is 27.4 Å². The second-order valence-electron chi connectivity index (χ2n) is 7.56. The van der Waals surface area contributed by atoms with Crippen LogP contribution in [-0.4, -0.2) is 42.9 Å². The topological polar surface area (TPSA) is 60.5 Å². The average molecular weight is 374 g/mol. The molecule has 1 aliphatic rings. The number of nitrogens with zero attached hydrogens (tertiary/aromatic N) is 1. The smallest absolute Gasteiger partial charge is 0.422 e. The summed E-state index contributed by atoms with van der Waals surface area (Å²) in [6.45, 7) is 6.13. The Morgan fingerprint density at radius 3 is 2.65 bits per heavy atom. The Hall–Kier alpha value is -1.83. The van der Waals surface area contributed by atoms with Crippen LogP contribution in [-0.2, 0) is 4.74 Å². The molecule has 5 nitrogen and oxygen atoms in total.